The zero-order valence-electron chi connectivity index (χ0n) is 16.3. The maximum Gasteiger partial charge on any atom is 0.243 e. The lowest BCUT2D eigenvalue weighted by molar-refractivity contribution is -0.131. The van der Waals surface area contributed by atoms with Crippen molar-refractivity contribution in [1.82, 2.24) is 10.6 Å². The van der Waals surface area contributed by atoms with Gasteiger partial charge in [0.15, 0.2) is 0 Å². The van der Waals surface area contributed by atoms with Gasteiger partial charge in [-0.15, -0.1) is 0 Å². The number of unbranched alkanes of at least 4 members (excludes halogenated alkanes) is 2. The fourth-order valence-electron chi connectivity index (χ4n) is 3.39. The molecule has 0 aromatic heterocycles. The molecule has 27 heavy (non-hydrogen) atoms. The first-order valence-electron chi connectivity index (χ1n) is 10.1. The van der Waals surface area contributed by atoms with Crippen molar-refractivity contribution >= 4 is 11.8 Å². The maximum atomic E-state index is 12.8. The highest BCUT2D eigenvalue weighted by atomic mass is 16.5. The number of carbonyl (C=O) groups is 2. The summed E-state index contributed by atoms with van der Waals surface area (Å²) in [5.74, 6) is -0.0478. The SMILES string of the molecule is CCCCCC(=O)N[C@H](C(=O)NCc1cccc(CN)c1)C1CCOCC1. The van der Waals surface area contributed by atoms with Gasteiger partial charge >= 0.3 is 0 Å². The van der Waals surface area contributed by atoms with Gasteiger partial charge in [0, 0.05) is 32.7 Å². The number of ether oxygens (including phenoxy) is 1. The van der Waals surface area contributed by atoms with E-state index < -0.39 is 6.04 Å². The van der Waals surface area contributed by atoms with Crippen LogP contribution in [0.15, 0.2) is 24.3 Å². The first kappa shape index (κ1) is 21.4. The van der Waals surface area contributed by atoms with Gasteiger partial charge in [-0.2, -0.15) is 0 Å². The molecule has 1 aliphatic rings. The number of hydrogen-bond acceptors (Lipinski definition) is 4. The van der Waals surface area contributed by atoms with Crippen LogP contribution in [-0.2, 0) is 27.4 Å². The van der Waals surface area contributed by atoms with E-state index in [-0.39, 0.29) is 17.7 Å². The van der Waals surface area contributed by atoms with Crippen molar-refractivity contribution in [2.24, 2.45) is 11.7 Å². The third-order valence-corrected chi connectivity index (χ3v) is 5.04. The molecule has 1 aromatic rings. The smallest absolute Gasteiger partial charge is 0.243 e. The Balaban J connectivity index is 1.95. The Labute approximate surface area is 162 Å². The number of hydrogen-bond donors (Lipinski definition) is 3. The molecule has 2 rings (SSSR count). The fraction of sp³-hybridized carbons (Fsp3) is 0.619. The second-order valence-electron chi connectivity index (χ2n) is 7.19. The van der Waals surface area contributed by atoms with Crippen molar-refractivity contribution in [3.8, 4) is 0 Å². The largest absolute Gasteiger partial charge is 0.381 e. The fourth-order valence-corrected chi connectivity index (χ4v) is 3.39. The third kappa shape index (κ3) is 7.31. The molecule has 1 fully saturated rings. The minimum atomic E-state index is -0.499. The van der Waals surface area contributed by atoms with Crippen molar-refractivity contribution < 1.29 is 14.3 Å². The first-order chi connectivity index (χ1) is 13.1. The Kier molecular flexibility index (Phi) is 9.28. The first-order valence-corrected chi connectivity index (χ1v) is 10.1. The summed E-state index contributed by atoms with van der Waals surface area (Å²) >= 11 is 0. The lowest BCUT2D eigenvalue weighted by Gasteiger charge is -2.30. The van der Waals surface area contributed by atoms with Gasteiger partial charge in [0.05, 0.1) is 0 Å². The van der Waals surface area contributed by atoms with E-state index in [0.29, 0.717) is 32.7 Å². The van der Waals surface area contributed by atoms with Crippen LogP contribution >= 0.6 is 0 Å². The molecule has 1 atom stereocenters. The van der Waals surface area contributed by atoms with E-state index in [2.05, 4.69) is 17.6 Å². The summed E-state index contributed by atoms with van der Waals surface area (Å²) in [6.07, 6.45) is 5.00. The normalized spacial score (nSPS) is 15.9. The van der Waals surface area contributed by atoms with E-state index in [1.165, 1.54) is 0 Å². The van der Waals surface area contributed by atoms with Gasteiger partial charge < -0.3 is 21.1 Å². The molecule has 0 saturated carbocycles. The molecule has 2 amide bonds. The lowest BCUT2D eigenvalue weighted by atomic mass is 9.90. The summed E-state index contributed by atoms with van der Waals surface area (Å²) in [6, 6.07) is 7.36. The average molecular weight is 376 g/mol. The second-order valence-corrected chi connectivity index (χ2v) is 7.19. The molecule has 0 aliphatic carbocycles. The van der Waals surface area contributed by atoms with Crippen LogP contribution in [0.2, 0.25) is 0 Å². The van der Waals surface area contributed by atoms with Crippen molar-refractivity contribution in [3.63, 3.8) is 0 Å². The molecule has 6 nitrogen and oxygen atoms in total. The highest BCUT2D eigenvalue weighted by Crippen LogP contribution is 2.19. The monoisotopic (exact) mass is 375 g/mol. The second kappa shape index (κ2) is 11.7. The van der Waals surface area contributed by atoms with Gasteiger partial charge in [-0.1, -0.05) is 44.0 Å². The van der Waals surface area contributed by atoms with Gasteiger partial charge in [0.1, 0.15) is 6.04 Å². The Morgan fingerprint density at radius 3 is 2.67 bits per heavy atom. The summed E-state index contributed by atoms with van der Waals surface area (Å²) in [4.78, 5) is 25.1. The van der Waals surface area contributed by atoms with Crippen molar-refractivity contribution in [2.45, 2.75) is 64.6 Å². The number of rotatable bonds is 10. The standard InChI is InChI=1S/C21H33N3O3/c1-2-3-4-8-19(25)24-20(18-9-11-27-12-10-18)21(26)23-15-17-7-5-6-16(13-17)14-22/h5-7,13,18,20H,2-4,8-12,14-15,22H2,1H3,(H,23,26)(H,24,25)/t20-/m0/s1. The van der Waals surface area contributed by atoms with E-state index >= 15 is 0 Å². The predicted octanol–water partition coefficient (Wildman–Crippen LogP) is 2.25. The zero-order valence-corrected chi connectivity index (χ0v) is 16.3. The highest BCUT2D eigenvalue weighted by Gasteiger charge is 2.31. The molecule has 1 aliphatic heterocycles. The van der Waals surface area contributed by atoms with Gasteiger partial charge in [0.25, 0.3) is 0 Å². The van der Waals surface area contributed by atoms with Crippen LogP contribution in [0.25, 0.3) is 0 Å². The number of benzene rings is 1. The van der Waals surface area contributed by atoms with Crippen LogP contribution in [0, 0.1) is 5.92 Å². The third-order valence-electron chi connectivity index (χ3n) is 5.04. The number of nitrogens with two attached hydrogens (primary N) is 1. The molecular formula is C21H33N3O3. The molecule has 150 valence electrons. The van der Waals surface area contributed by atoms with Gasteiger partial charge in [-0.3, -0.25) is 9.59 Å². The summed E-state index contributed by atoms with van der Waals surface area (Å²) < 4.78 is 5.41. The average Bonchev–Trinajstić information content (AvgIpc) is 2.71. The van der Waals surface area contributed by atoms with Crippen LogP contribution < -0.4 is 16.4 Å². The highest BCUT2D eigenvalue weighted by molar-refractivity contribution is 5.87. The molecule has 6 heteroatoms. The van der Waals surface area contributed by atoms with E-state index in [9.17, 15) is 9.59 Å². The van der Waals surface area contributed by atoms with Gasteiger partial charge in [-0.25, -0.2) is 0 Å². The van der Waals surface area contributed by atoms with Crippen molar-refractivity contribution in [1.29, 1.82) is 0 Å². The number of nitrogens with one attached hydrogen (secondary N) is 2. The number of amides is 2. The van der Waals surface area contributed by atoms with Crippen LogP contribution in [-0.4, -0.2) is 31.1 Å². The molecule has 0 bridgehead atoms. The molecule has 0 spiro atoms. The quantitative estimate of drug-likeness (QED) is 0.547. The summed E-state index contributed by atoms with van der Waals surface area (Å²) in [6.45, 7) is 4.28. The maximum absolute atomic E-state index is 12.8. The Morgan fingerprint density at radius 1 is 1.22 bits per heavy atom. The number of carbonyl (C=O) groups excluding carboxylic acids is 2. The van der Waals surface area contributed by atoms with E-state index in [1.807, 2.05) is 24.3 Å². The van der Waals surface area contributed by atoms with Gasteiger partial charge in [-0.05, 0) is 36.3 Å². The van der Waals surface area contributed by atoms with Crippen molar-refractivity contribution in [3.05, 3.63) is 35.4 Å². The van der Waals surface area contributed by atoms with E-state index in [0.717, 1.165) is 43.2 Å². The molecule has 1 aromatic carbocycles. The zero-order chi connectivity index (χ0) is 19.5. The summed E-state index contributed by atoms with van der Waals surface area (Å²) in [5, 5.41) is 5.96. The van der Waals surface area contributed by atoms with E-state index in [4.69, 9.17) is 10.5 Å². The van der Waals surface area contributed by atoms with Crippen LogP contribution in [0.3, 0.4) is 0 Å². The Bertz CT molecular complexity index is 600. The van der Waals surface area contributed by atoms with Crippen LogP contribution in [0.5, 0.6) is 0 Å². The minimum absolute atomic E-state index is 0.0415. The molecule has 0 unspecified atom stereocenters. The lowest BCUT2D eigenvalue weighted by Crippen LogP contribution is -2.51. The van der Waals surface area contributed by atoms with Gasteiger partial charge in [0.2, 0.25) is 11.8 Å². The predicted molar refractivity (Wildman–Crippen MR) is 106 cm³/mol. The van der Waals surface area contributed by atoms with Crippen LogP contribution in [0.1, 0.15) is 56.6 Å². The van der Waals surface area contributed by atoms with Crippen molar-refractivity contribution in [2.75, 3.05) is 13.2 Å². The van der Waals surface area contributed by atoms with Crippen LogP contribution in [0.4, 0.5) is 0 Å². The Hall–Kier alpha value is -1.92. The minimum Gasteiger partial charge on any atom is -0.381 e. The molecular weight excluding hydrogens is 342 g/mol. The topological polar surface area (TPSA) is 93.5 Å². The molecule has 1 heterocycles. The molecule has 4 N–H and O–H groups in total. The summed E-state index contributed by atoms with van der Waals surface area (Å²) in [5.41, 5.74) is 7.72. The molecule has 0 radical (unpaired) electrons. The van der Waals surface area contributed by atoms with E-state index in [1.54, 1.807) is 0 Å². The summed E-state index contributed by atoms with van der Waals surface area (Å²) in [7, 11) is 0. The Morgan fingerprint density at radius 2 is 1.96 bits per heavy atom. The molecule has 1 saturated heterocycles.